The lowest BCUT2D eigenvalue weighted by Gasteiger charge is -2.39. The van der Waals surface area contributed by atoms with Crippen LogP contribution in [0.4, 0.5) is 4.79 Å². The molecule has 2 heterocycles. The van der Waals surface area contributed by atoms with Crippen molar-refractivity contribution in [2.75, 3.05) is 32.8 Å². The second-order valence-corrected chi connectivity index (χ2v) is 11.3. The molecule has 8 heteroatoms. The summed E-state index contributed by atoms with van der Waals surface area (Å²) in [7, 11) is 0. The number of carbonyl (C=O) groups is 2. The van der Waals surface area contributed by atoms with Crippen LogP contribution in [0.25, 0.3) is 0 Å². The molecular weight excluding hydrogens is 482 g/mol. The maximum Gasteiger partial charge on any atom is 0.410 e. The predicted octanol–water partition coefficient (Wildman–Crippen LogP) is 3.36. The Morgan fingerprint density at radius 2 is 1.84 bits per heavy atom. The zero-order valence-electron chi connectivity index (χ0n) is 22.8. The van der Waals surface area contributed by atoms with Gasteiger partial charge in [0.1, 0.15) is 5.60 Å². The molecule has 206 valence electrons. The van der Waals surface area contributed by atoms with Gasteiger partial charge in [-0.2, -0.15) is 0 Å². The molecular formula is C30H41N3O5. The van der Waals surface area contributed by atoms with Crippen LogP contribution in [-0.2, 0) is 33.8 Å². The Balaban J connectivity index is 1.38. The summed E-state index contributed by atoms with van der Waals surface area (Å²) in [5, 5.41) is 13.6. The number of rotatable bonds is 8. The molecule has 8 nitrogen and oxygen atoms in total. The third-order valence-electron chi connectivity index (χ3n) is 7.07. The van der Waals surface area contributed by atoms with Crippen LogP contribution < -0.4 is 5.32 Å². The molecule has 0 aliphatic carbocycles. The van der Waals surface area contributed by atoms with Gasteiger partial charge in [-0.1, -0.05) is 54.6 Å². The number of hydrogen-bond acceptors (Lipinski definition) is 6. The highest BCUT2D eigenvalue weighted by Gasteiger charge is 2.39. The van der Waals surface area contributed by atoms with Gasteiger partial charge in [-0.15, -0.1) is 0 Å². The summed E-state index contributed by atoms with van der Waals surface area (Å²) in [6.45, 7) is 8.82. The first-order valence-corrected chi connectivity index (χ1v) is 13.6. The Morgan fingerprint density at radius 3 is 2.58 bits per heavy atom. The van der Waals surface area contributed by atoms with Crippen LogP contribution in [0.5, 0.6) is 0 Å². The van der Waals surface area contributed by atoms with Crippen LogP contribution in [0.1, 0.15) is 43.9 Å². The van der Waals surface area contributed by atoms with Crippen molar-refractivity contribution in [2.45, 2.75) is 64.4 Å². The minimum absolute atomic E-state index is 0.144. The average molecular weight is 524 g/mol. The standard InChI is InChI=1S/C30H41N3O5/c1-30(2,3)38-29(36)33(18-22-9-5-4-6-10-22)27-14-16-37-21-26(27)28(35)31-17-25(34)20-32-15-13-23-11-7-8-12-24(23)19-32/h4-12,25-27,34H,13-21H2,1-3H3,(H,31,35). The first-order valence-electron chi connectivity index (χ1n) is 13.6. The summed E-state index contributed by atoms with van der Waals surface area (Å²) in [4.78, 5) is 30.5. The maximum absolute atomic E-state index is 13.3. The zero-order chi connectivity index (χ0) is 27.1. The van der Waals surface area contributed by atoms with Gasteiger partial charge in [-0.05, 0) is 50.3 Å². The van der Waals surface area contributed by atoms with E-state index in [0.29, 0.717) is 26.1 Å². The second-order valence-electron chi connectivity index (χ2n) is 11.3. The molecule has 2 aromatic rings. The fraction of sp³-hybridized carbons (Fsp3) is 0.533. The van der Waals surface area contributed by atoms with Crippen molar-refractivity contribution in [1.29, 1.82) is 0 Å². The van der Waals surface area contributed by atoms with Crippen LogP contribution in [0, 0.1) is 5.92 Å². The van der Waals surface area contributed by atoms with Crippen molar-refractivity contribution in [1.82, 2.24) is 15.1 Å². The van der Waals surface area contributed by atoms with Gasteiger partial charge in [0.05, 0.1) is 24.7 Å². The number of ether oxygens (including phenoxy) is 2. The molecule has 0 saturated carbocycles. The van der Waals surface area contributed by atoms with Gasteiger partial charge in [-0.3, -0.25) is 14.6 Å². The largest absolute Gasteiger partial charge is 0.444 e. The molecule has 0 bridgehead atoms. The van der Waals surface area contributed by atoms with E-state index in [-0.39, 0.29) is 25.1 Å². The quantitative estimate of drug-likeness (QED) is 0.552. The average Bonchev–Trinajstić information content (AvgIpc) is 2.90. The molecule has 1 fully saturated rings. The lowest BCUT2D eigenvalue weighted by Crippen LogP contribution is -2.55. The summed E-state index contributed by atoms with van der Waals surface area (Å²) in [6.07, 6.45) is 0.341. The number of hydrogen-bond donors (Lipinski definition) is 2. The Kier molecular flexibility index (Phi) is 9.41. The van der Waals surface area contributed by atoms with Crippen LogP contribution in [-0.4, -0.2) is 77.5 Å². The molecule has 2 aliphatic heterocycles. The summed E-state index contributed by atoms with van der Waals surface area (Å²) in [5.74, 6) is -0.784. The van der Waals surface area contributed by atoms with E-state index < -0.39 is 23.7 Å². The number of benzene rings is 2. The van der Waals surface area contributed by atoms with Crippen molar-refractivity contribution >= 4 is 12.0 Å². The summed E-state index contributed by atoms with van der Waals surface area (Å²) in [6, 6.07) is 17.7. The zero-order valence-corrected chi connectivity index (χ0v) is 22.8. The van der Waals surface area contributed by atoms with E-state index in [1.165, 1.54) is 11.1 Å². The van der Waals surface area contributed by atoms with Gasteiger partial charge in [0.2, 0.25) is 5.91 Å². The molecule has 0 aromatic heterocycles. The number of fused-ring (bicyclic) bond motifs is 1. The molecule has 2 aliphatic rings. The monoisotopic (exact) mass is 523 g/mol. The van der Waals surface area contributed by atoms with Gasteiger partial charge in [0.15, 0.2) is 0 Å². The van der Waals surface area contributed by atoms with Crippen LogP contribution in [0.2, 0.25) is 0 Å². The molecule has 2 amide bonds. The number of nitrogens with one attached hydrogen (secondary N) is 1. The lowest BCUT2D eigenvalue weighted by molar-refractivity contribution is -0.133. The predicted molar refractivity (Wildman–Crippen MR) is 145 cm³/mol. The molecule has 2 aromatic carbocycles. The van der Waals surface area contributed by atoms with E-state index in [1.807, 2.05) is 57.2 Å². The highest BCUT2D eigenvalue weighted by atomic mass is 16.6. The number of aliphatic hydroxyl groups excluding tert-OH is 1. The molecule has 0 radical (unpaired) electrons. The van der Waals surface area contributed by atoms with E-state index in [4.69, 9.17) is 9.47 Å². The molecule has 3 unspecified atom stereocenters. The fourth-order valence-electron chi connectivity index (χ4n) is 5.19. The van der Waals surface area contributed by atoms with Gasteiger partial charge >= 0.3 is 6.09 Å². The van der Waals surface area contributed by atoms with Gasteiger partial charge in [0.25, 0.3) is 0 Å². The number of nitrogens with zero attached hydrogens (tertiary/aromatic N) is 2. The van der Waals surface area contributed by atoms with Crippen molar-refractivity contribution in [3.63, 3.8) is 0 Å². The van der Waals surface area contributed by atoms with Crippen molar-refractivity contribution in [2.24, 2.45) is 5.92 Å². The Hall–Kier alpha value is -2.94. The van der Waals surface area contributed by atoms with Crippen LogP contribution >= 0.6 is 0 Å². The summed E-state index contributed by atoms with van der Waals surface area (Å²) in [5.41, 5.74) is 2.95. The number of β-amino-alcohol motifs (C(OH)–C–C–N with tert-alkyl or cyclic N) is 1. The van der Waals surface area contributed by atoms with E-state index in [1.54, 1.807) is 4.90 Å². The number of carbonyl (C=O) groups excluding carboxylic acids is 2. The smallest absolute Gasteiger partial charge is 0.410 e. The third kappa shape index (κ3) is 7.79. The SMILES string of the molecule is CC(C)(C)OC(=O)N(Cc1ccccc1)C1CCOCC1C(=O)NCC(O)CN1CCc2ccccc2C1. The highest BCUT2D eigenvalue weighted by molar-refractivity contribution is 5.80. The van der Waals surface area contributed by atoms with Gasteiger partial charge in [0, 0.05) is 39.3 Å². The minimum atomic E-state index is -0.696. The van der Waals surface area contributed by atoms with E-state index >= 15 is 0 Å². The molecule has 1 saturated heterocycles. The fourth-order valence-corrected chi connectivity index (χ4v) is 5.19. The molecule has 2 N–H and O–H groups in total. The van der Waals surface area contributed by atoms with E-state index in [9.17, 15) is 14.7 Å². The lowest BCUT2D eigenvalue weighted by atomic mass is 9.92. The Bertz CT molecular complexity index is 1070. The number of amides is 2. The second kappa shape index (κ2) is 12.7. The molecule has 0 spiro atoms. The first kappa shape index (κ1) is 28.1. The summed E-state index contributed by atoms with van der Waals surface area (Å²) >= 11 is 0. The topological polar surface area (TPSA) is 91.3 Å². The van der Waals surface area contributed by atoms with Gasteiger partial charge < -0.3 is 19.9 Å². The minimum Gasteiger partial charge on any atom is -0.444 e. The van der Waals surface area contributed by atoms with Crippen molar-refractivity contribution in [3.05, 3.63) is 71.3 Å². The first-order chi connectivity index (χ1) is 18.2. The van der Waals surface area contributed by atoms with E-state index in [0.717, 1.165) is 25.1 Å². The van der Waals surface area contributed by atoms with Crippen molar-refractivity contribution in [3.8, 4) is 0 Å². The Morgan fingerprint density at radius 1 is 1.13 bits per heavy atom. The Labute approximate surface area is 225 Å². The summed E-state index contributed by atoms with van der Waals surface area (Å²) < 4.78 is 11.4. The molecule has 38 heavy (non-hydrogen) atoms. The molecule has 3 atom stereocenters. The normalized spacial score (nSPS) is 20.7. The molecule has 4 rings (SSSR count). The maximum atomic E-state index is 13.3. The van der Waals surface area contributed by atoms with Crippen molar-refractivity contribution < 1.29 is 24.2 Å². The highest BCUT2D eigenvalue weighted by Crippen LogP contribution is 2.26. The van der Waals surface area contributed by atoms with Crippen LogP contribution in [0.3, 0.4) is 0 Å². The van der Waals surface area contributed by atoms with Gasteiger partial charge in [-0.25, -0.2) is 4.79 Å². The third-order valence-corrected chi connectivity index (χ3v) is 7.07. The van der Waals surface area contributed by atoms with E-state index in [2.05, 4.69) is 28.4 Å². The van der Waals surface area contributed by atoms with Crippen LogP contribution in [0.15, 0.2) is 54.6 Å². The number of aliphatic hydroxyl groups is 1.